The Kier molecular flexibility index (Phi) is 7.64. The van der Waals surface area contributed by atoms with Crippen LogP contribution in [0.15, 0.2) is 54.6 Å². The van der Waals surface area contributed by atoms with Crippen LogP contribution in [-0.2, 0) is 9.59 Å². The van der Waals surface area contributed by atoms with E-state index in [1.165, 1.54) is 0 Å². The molecule has 12 heteroatoms. The quantitative estimate of drug-likeness (QED) is 0.294. The molecule has 4 fully saturated rings. The summed E-state index contributed by atoms with van der Waals surface area (Å²) in [7, 11) is 2.12. The van der Waals surface area contributed by atoms with Crippen LogP contribution in [0.2, 0.25) is 0 Å². The van der Waals surface area contributed by atoms with Gasteiger partial charge in [-0.2, -0.15) is 9.97 Å². The van der Waals surface area contributed by atoms with E-state index >= 15 is 0 Å². The van der Waals surface area contributed by atoms with Gasteiger partial charge in [0.25, 0.3) is 5.24 Å². The Morgan fingerprint density at radius 1 is 1.02 bits per heavy atom. The van der Waals surface area contributed by atoms with E-state index in [-0.39, 0.29) is 30.2 Å². The van der Waals surface area contributed by atoms with Crippen molar-refractivity contribution in [3.05, 3.63) is 54.6 Å². The third kappa shape index (κ3) is 5.63. The van der Waals surface area contributed by atoms with Crippen molar-refractivity contribution in [2.75, 3.05) is 38.2 Å². The van der Waals surface area contributed by atoms with Gasteiger partial charge in [0.1, 0.15) is 23.4 Å². The number of amides is 3. The number of carbonyl (C=O) groups excluding carboxylic acids is 3. The van der Waals surface area contributed by atoms with Crippen molar-refractivity contribution < 1.29 is 24.2 Å². The molecule has 4 aliphatic rings. The van der Waals surface area contributed by atoms with Gasteiger partial charge in [0.05, 0.1) is 5.52 Å². The molecule has 4 saturated heterocycles. The molecule has 242 valence electrons. The number of likely N-dealkylation sites (tertiary alicyclic amines) is 2. The summed E-state index contributed by atoms with van der Waals surface area (Å²) in [4.78, 5) is 53.5. The van der Waals surface area contributed by atoms with Crippen LogP contribution in [0.4, 0.5) is 10.6 Å². The molecule has 8 rings (SSSR count). The number of nitrogens with one attached hydrogen (secondary N) is 1. The molecule has 47 heavy (non-hydrogen) atoms. The normalized spacial score (nSPS) is 24.4. The van der Waals surface area contributed by atoms with E-state index in [1.807, 2.05) is 29.2 Å². The molecular formula is C35H36N6O5S. The second-order valence-electron chi connectivity index (χ2n) is 13.0. The monoisotopic (exact) mass is 652 g/mol. The Morgan fingerprint density at radius 2 is 1.83 bits per heavy atom. The minimum absolute atomic E-state index is 0.0121. The van der Waals surface area contributed by atoms with Gasteiger partial charge in [-0.15, -0.1) is 0 Å². The first kappa shape index (κ1) is 29.9. The van der Waals surface area contributed by atoms with Gasteiger partial charge in [-0.25, -0.2) is 0 Å². The fourth-order valence-corrected chi connectivity index (χ4v) is 8.49. The number of ether oxygens (including phenoxy) is 1. The molecule has 2 N–H and O–H groups in total. The van der Waals surface area contributed by atoms with Crippen LogP contribution >= 0.6 is 11.8 Å². The molecule has 3 unspecified atom stereocenters. The molecule has 4 atom stereocenters. The fraction of sp³-hybridized carbons (Fsp3) is 0.400. The molecule has 11 nitrogen and oxygen atoms in total. The molecular weight excluding hydrogens is 616 g/mol. The number of fused-ring (bicyclic) bond motifs is 4. The summed E-state index contributed by atoms with van der Waals surface area (Å²) < 4.78 is 6.32. The molecule has 0 radical (unpaired) electrons. The number of phenols is 1. The first-order valence-corrected chi connectivity index (χ1v) is 17.1. The Hall–Kier alpha value is -4.42. The number of benzene rings is 3. The Labute approximate surface area is 276 Å². The lowest BCUT2D eigenvalue weighted by molar-refractivity contribution is -0.133. The largest absolute Gasteiger partial charge is 0.508 e. The lowest BCUT2D eigenvalue weighted by Gasteiger charge is -2.42. The fourth-order valence-electron chi connectivity index (χ4n) is 7.68. The number of aromatic hydroxyl groups is 1. The molecule has 0 saturated carbocycles. The van der Waals surface area contributed by atoms with Crippen LogP contribution < -0.4 is 15.0 Å². The summed E-state index contributed by atoms with van der Waals surface area (Å²) in [5, 5.41) is 14.7. The van der Waals surface area contributed by atoms with Crippen LogP contribution in [0.25, 0.3) is 32.8 Å². The van der Waals surface area contributed by atoms with E-state index in [2.05, 4.69) is 40.4 Å². The molecule has 5 heterocycles. The van der Waals surface area contributed by atoms with Gasteiger partial charge < -0.3 is 24.5 Å². The molecule has 4 aliphatic heterocycles. The van der Waals surface area contributed by atoms with Gasteiger partial charge in [0.2, 0.25) is 11.8 Å². The first-order valence-electron chi connectivity index (χ1n) is 16.3. The average Bonchev–Trinajstić information content (AvgIpc) is 3.70. The summed E-state index contributed by atoms with van der Waals surface area (Å²) in [6.45, 7) is 2.59. The van der Waals surface area contributed by atoms with Gasteiger partial charge in [-0.05, 0) is 85.4 Å². The zero-order valence-corrected chi connectivity index (χ0v) is 26.9. The van der Waals surface area contributed by atoms with E-state index in [4.69, 9.17) is 14.7 Å². The van der Waals surface area contributed by atoms with Crippen molar-refractivity contribution in [2.45, 2.75) is 55.5 Å². The molecule has 2 bridgehead atoms. The number of imide groups is 1. The molecule has 0 aliphatic carbocycles. The number of aromatic nitrogens is 2. The molecule has 4 aromatic rings. The molecule has 3 aromatic carbocycles. The third-order valence-corrected chi connectivity index (χ3v) is 11.1. The minimum Gasteiger partial charge on any atom is -0.508 e. The SMILES string of the molecule is CN1CCC[C@H]1COc1nc(N2C3CCC2CN(C(=O)CC2SC(=O)NC2=O)C3)c2ccc(-c3cc(O)cc4ccccc34)cc2n1. The highest BCUT2D eigenvalue weighted by Gasteiger charge is 2.44. The average molecular weight is 653 g/mol. The van der Waals surface area contributed by atoms with Crippen LogP contribution in [0, 0.1) is 0 Å². The van der Waals surface area contributed by atoms with Crippen molar-refractivity contribution in [2.24, 2.45) is 0 Å². The van der Waals surface area contributed by atoms with E-state index < -0.39 is 16.4 Å². The smallest absolute Gasteiger partial charge is 0.319 e. The number of hydrogen-bond acceptors (Lipinski definition) is 10. The highest BCUT2D eigenvalue weighted by molar-refractivity contribution is 8.15. The number of piperazine rings is 1. The number of anilines is 1. The number of thioether (sulfide) groups is 1. The van der Waals surface area contributed by atoms with E-state index in [0.717, 1.165) is 82.6 Å². The number of phenolic OH excluding ortho intramolecular Hbond substituents is 1. The Bertz CT molecular complexity index is 1910. The van der Waals surface area contributed by atoms with Gasteiger partial charge >= 0.3 is 6.01 Å². The van der Waals surface area contributed by atoms with Gasteiger partial charge in [0.15, 0.2) is 0 Å². The maximum absolute atomic E-state index is 13.3. The van der Waals surface area contributed by atoms with Gasteiger partial charge in [-0.3, -0.25) is 19.7 Å². The molecule has 1 aromatic heterocycles. The number of likely N-dealkylation sites (N-methyl/N-ethyl adjacent to an activating group) is 1. The number of hydrogen-bond donors (Lipinski definition) is 2. The van der Waals surface area contributed by atoms with Crippen LogP contribution in [0.1, 0.15) is 32.1 Å². The zero-order valence-electron chi connectivity index (χ0n) is 26.1. The van der Waals surface area contributed by atoms with Crippen molar-refractivity contribution >= 4 is 56.3 Å². The maximum Gasteiger partial charge on any atom is 0.319 e. The lowest BCUT2D eigenvalue weighted by Crippen LogP contribution is -2.56. The summed E-state index contributed by atoms with van der Waals surface area (Å²) in [6, 6.07) is 18.5. The first-order chi connectivity index (χ1) is 22.8. The van der Waals surface area contributed by atoms with Crippen LogP contribution in [0.3, 0.4) is 0 Å². The Balaban J connectivity index is 1.13. The zero-order chi connectivity index (χ0) is 32.2. The topological polar surface area (TPSA) is 128 Å². The van der Waals surface area contributed by atoms with E-state index in [0.29, 0.717) is 31.7 Å². The minimum atomic E-state index is -0.673. The van der Waals surface area contributed by atoms with Gasteiger partial charge in [-0.1, -0.05) is 42.1 Å². The third-order valence-electron chi connectivity index (χ3n) is 10.1. The summed E-state index contributed by atoms with van der Waals surface area (Å²) in [6.07, 6.45) is 4.04. The highest BCUT2D eigenvalue weighted by atomic mass is 32.2. The predicted octanol–water partition coefficient (Wildman–Crippen LogP) is 4.55. The number of rotatable bonds is 7. The van der Waals surface area contributed by atoms with Crippen molar-refractivity contribution in [1.82, 2.24) is 25.1 Å². The van der Waals surface area contributed by atoms with Crippen LogP contribution in [-0.4, -0.2) is 98.6 Å². The van der Waals surface area contributed by atoms with E-state index in [9.17, 15) is 19.5 Å². The molecule has 0 spiro atoms. The van der Waals surface area contributed by atoms with Crippen molar-refractivity contribution in [3.63, 3.8) is 0 Å². The Morgan fingerprint density at radius 3 is 2.57 bits per heavy atom. The standard InChI is InChI=1S/C35H36N6O5S/c1-39-12-4-6-24(39)19-46-34-36-29-14-21(28-15-25(42)13-20-5-2-3-7-26(20)28)8-11-27(29)32(37-34)41-22-9-10-23(41)18-40(17-22)31(43)16-30-33(44)38-35(45)47-30/h2-3,5,7-8,11,13-15,22-24,30,42H,4,6,9-10,12,16-19H2,1H3,(H,38,44,45)/t22?,23?,24-,30?/m0/s1. The van der Waals surface area contributed by atoms with E-state index in [1.54, 1.807) is 12.1 Å². The maximum atomic E-state index is 13.3. The van der Waals surface area contributed by atoms with Gasteiger partial charge in [0, 0.05) is 43.0 Å². The van der Waals surface area contributed by atoms with Crippen molar-refractivity contribution in [3.8, 4) is 22.9 Å². The lowest BCUT2D eigenvalue weighted by atomic mass is 9.97. The predicted molar refractivity (Wildman–Crippen MR) is 181 cm³/mol. The second-order valence-corrected chi connectivity index (χ2v) is 14.2. The number of nitrogens with zero attached hydrogens (tertiary/aromatic N) is 5. The molecule has 3 amide bonds. The number of carbonyl (C=O) groups is 3. The second kappa shape index (κ2) is 12.0. The summed E-state index contributed by atoms with van der Waals surface area (Å²) >= 11 is 0.893. The highest BCUT2D eigenvalue weighted by Crippen LogP contribution is 2.40. The summed E-state index contributed by atoms with van der Waals surface area (Å²) in [5.74, 6) is 0.503. The van der Waals surface area contributed by atoms with Crippen LogP contribution in [0.5, 0.6) is 11.8 Å². The summed E-state index contributed by atoms with van der Waals surface area (Å²) in [5.41, 5.74) is 2.60. The van der Waals surface area contributed by atoms with Crippen molar-refractivity contribution in [1.29, 1.82) is 0 Å².